The molecule has 1 aliphatic rings. The number of hydrogen-bond acceptors (Lipinski definition) is 6. The van der Waals surface area contributed by atoms with Gasteiger partial charge in [-0.25, -0.2) is 4.79 Å². The molecule has 1 saturated heterocycles. The predicted molar refractivity (Wildman–Crippen MR) is 59.1 cm³/mol. The Hall–Kier alpha value is -1.76. The molecule has 88 valence electrons. The largest absolute Gasteiger partial charge is 0.465 e. The van der Waals surface area contributed by atoms with Crippen LogP contribution in [0.15, 0.2) is 0 Å². The van der Waals surface area contributed by atoms with Crippen molar-refractivity contribution in [1.82, 2.24) is 10.2 Å². The van der Waals surface area contributed by atoms with Crippen LogP contribution in [0.3, 0.4) is 0 Å². The van der Waals surface area contributed by atoms with Gasteiger partial charge < -0.3 is 21.1 Å². The fourth-order valence-electron chi connectivity index (χ4n) is 1.86. The minimum atomic E-state index is -0.485. The Morgan fingerprint density at radius 2 is 2.44 bits per heavy atom. The highest BCUT2D eigenvalue weighted by molar-refractivity contribution is 5.99. The molecule has 0 saturated carbocycles. The number of H-pyrrole nitrogens is 1. The van der Waals surface area contributed by atoms with Crippen LogP contribution in [0.1, 0.15) is 16.8 Å². The van der Waals surface area contributed by atoms with Crippen molar-refractivity contribution in [3.8, 4) is 0 Å². The number of nitrogens with one attached hydrogen (secondary N) is 1. The number of rotatable bonds is 2. The summed E-state index contributed by atoms with van der Waals surface area (Å²) in [5, 5.41) is 6.61. The number of nitrogens with zero attached hydrogens (tertiary/aromatic N) is 2. The molecule has 0 aliphatic carbocycles. The van der Waals surface area contributed by atoms with Gasteiger partial charge >= 0.3 is 5.97 Å². The second-order valence-corrected chi connectivity index (χ2v) is 3.82. The van der Waals surface area contributed by atoms with Gasteiger partial charge in [-0.1, -0.05) is 0 Å². The summed E-state index contributed by atoms with van der Waals surface area (Å²) in [4.78, 5) is 13.5. The van der Waals surface area contributed by atoms with Crippen LogP contribution >= 0.6 is 0 Å². The van der Waals surface area contributed by atoms with E-state index in [1.807, 2.05) is 4.90 Å². The lowest BCUT2D eigenvalue weighted by atomic mass is 10.3. The predicted octanol–water partition coefficient (Wildman–Crippen LogP) is -0.684. The van der Waals surface area contributed by atoms with Gasteiger partial charge in [-0.2, -0.15) is 5.10 Å². The highest BCUT2D eigenvalue weighted by Gasteiger charge is 2.28. The first-order valence-electron chi connectivity index (χ1n) is 5.06. The van der Waals surface area contributed by atoms with Crippen LogP contribution < -0.4 is 16.4 Å². The number of aromatic amines is 1. The van der Waals surface area contributed by atoms with E-state index in [9.17, 15) is 4.79 Å². The summed E-state index contributed by atoms with van der Waals surface area (Å²) in [6.45, 7) is 1.45. The number of nitrogens with two attached hydrogens (primary N) is 2. The number of methoxy groups -OCH3 is 1. The van der Waals surface area contributed by atoms with E-state index < -0.39 is 5.97 Å². The van der Waals surface area contributed by atoms with Crippen LogP contribution in [0.4, 0.5) is 11.6 Å². The van der Waals surface area contributed by atoms with Crippen molar-refractivity contribution in [3.05, 3.63) is 5.56 Å². The molecule has 2 rings (SSSR count). The topological polar surface area (TPSA) is 110 Å². The van der Waals surface area contributed by atoms with E-state index in [-0.39, 0.29) is 17.4 Å². The van der Waals surface area contributed by atoms with Crippen molar-refractivity contribution >= 4 is 17.6 Å². The third-order valence-electron chi connectivity index (χ3n) is 2.69. The van der Waals surface area contributed by atoms with Crippen LogP contribution in [-0.2, 0) is 4.74 Å². The molecule has 1 aliphatic heterocycles. The van der Waals surface area contributed by atoms with Gasteiger partial charge in [0.05, 0.1) is 7.11 Å². The summed E-state index contributed by atoms with van der Waals surface area (Å²) in [7, 11) is 1.31. The Kier molecular flexibility index (Phi) is 2.69. The number of ether oxygens (including phenoxy) is 1. The number of anilines is 2. The minimum Gasteiger partial charge on any atom is -0.465 e. The zero-order valence-electron chi connectivity index (χ0n) is 9.06. The molecule has 16 heavy (non-hydrogen) atoms. The smallest absolute Gasteiger partial charge is 0.345 e. The van der Waals surface area contributed by atoms with Gasteiger partial charge in [0.2, 0.25) is 0 Å². The van der Waals surface area contributed by atoms with Gasteiger partial charge in [-0.05, 0) is 6.42 Å². The molecule has 5 N–H and O–H groups in total. The molecule has 0 amide bonds. The lowest BCUT2D eigenvalue weighted by Gasteiger charge is -2.15. The standard InChI is InChI=1S/C9H15N5O2/c1-16-9(15)6-7(11)12-13-8(6)14-3-2-5(10)4-14/h5H,2-4,10H2,1H3,(H3,11,12,13). The molecular formula is C9H15N5O2. The first-order valence-corrected chi connectivity index (χ1v) is 5.06. The van der Waals surface area contributed by atoms with Crippen LogP contribution in [-0.4, -0.2) is 42.4 Å². The van der Waals surface area contributed by atoms with Gasteiger partial charge in [0.1, 0.15) is 11.4 Å². The first-order chi connectivity index (χ1) is 7.63. The second kappa shape index (κ2) is 4.01. The Morgan fingerprint density at radius 3 is 3.00 bits per heavy atom. The van der Waals surface area contributed by atoms with E-state index in [2.05, 4.69) is 14.9 Å². The number of nitrogen functional groups attached to an aromatic ring is 1. The summed E-state index contributed by atoms with van der Waals surface area (Å²) in [5.74, 6) is 0.265. The lowest BCUT2D eigenvalue weighted by molar-refractivity contribution is 0.0602. The fraction of sp³-hybridized carbons (Fsp3) is 0.556. The molecular weight excluding hydrogens is 210 g/mol. The van der Waals surface area contributed by atoms with E-state index in [4.69, 9.17) is 11.5 Å². The molecule has 1 aromatic heterocycles. The van der Waals surface area contributed by atoms with Crippen LogP contribution in [0.5, 0.6) is 0 Å². The van der Waals surface area contributed by atoms with Gasteiger partial charge in [0, 0.05) is 19.1 Å². The molecule has 0 radical (unpaired) electrons. The summed E-state index contributed by atoms with van der Waals surface area (Å²) >= 11 is 0. The maximum atomic E-state index is 11.5. The zero-order valence-corrected chi connectivity index (χ0v) is 9.06. The number of esters is 1. The van der Waals surface area contributed by atoms with Crippen molar-refractivity contribution in [2.45, 2.75) is 12.5 Å². The quantitative estimate of drug-likeness (QED) is 0.575. The normalized spacial score (nSPS) is 20.1. The third-order valence-corrected chi connectivity index (χ3v) is 2.69. The van der Waals surface area contributed by atoms with Crippen molar-refractivity contribution in [3.63, 3.8) is 0 Å². The zero-order chi connectivity index (χ0) is 11.7. The molecule has 1 unspecified atom stereocenters. The lowest BCUT2D eigenvalue weighted by Crippen LogP contribution is -2.27. The Bertz CT molecular complexity index is 403. The number of carbonyl (C=O) groups is 1. The van der Waals surface area contributed by atoms with Crippen molar-refractivity contribution in [1.29, 1.82) is 0 Å². The van der Waals surface area contributed by atoms with E-state index in [1.54, 1.807) is 0 Å². The molecule has 7 heteroatoms. The molecule has 0 aromatic carbocycles. The number of carbonyl (C=O) groups excluding carboxylic acids is 1. The summed E-state index contributed by atoms with van der Waals surface area (Å²) in [6, 6.07) is 0.114. The van der Waals surface area contributed by atoms with Gasteiger partial charge in [-0.15, -0.1) is 0 Å². The maximum absolute atomic E-state index is 11.5. The summed E-state index contributed by atoms with van der Waals surface area (Å²) < 4.78 is 4.67. The van der Waals surface area contributed by atoms with Crippen molar-refractivity contribution < 1.29 is 9.53 Å². The fourth-order valence-corrected chi connectivity index (χ4v) is 1.86. The van der Waals surface area contributed by atoms with Gasteiger partial charge in [0.25, 0.3) is 0 Å². The van der Waals surface area contributed by atoms with E-state index in [0.29, 0.717) is 12.4 Å². The number of hydrogen-bond donors (Lipinski definition) is 3. The summed E-state index contributed by atoms with van der Waals surface area (Å²) in [5.41, 5.74) is 11.7. The van der Waals surface area contributed by atoms with E-state index in [0.717, 1.165) is 13.0 Å². The SMILES string of the molecule is COC(=O)c1c(N2CCC(N)C2)n[nH]c1N. The highest BCUT2D eigenvalue weighted by Crippen LogP contribution is 2.26. The van der Waals surface area contributed by atoms with Crippen molar-refractivity contribution in [2.75, 3.05) is 30.8 Å². The van der Waals surface area contributed by atoms with Crippen LogP contribution in [0, 0.1) is 0 Å². The van der Waals surface area contributed by atoms with E-state index in [1.165, 1.54) is 7.11 Å². The molecule has 2 heterocycles. The van der Waals surface area contributed by atoms with E-state index >= 15 is 0 Å². The molecule has 1 fully saturated rings. The average molecular weight is 225 g/mol. The molecule has 1 aromatic rings. The van der Waals surface area contributed by atoms with Crippen LogP contribution in [0.25, 0.3) is 0 Å². The Labute approximate surface area is 92.7 Å². The minimum absolute atomic E-state index is 0.114. The highest BCUT2D eigenvalue weighted by atomic mass is 16.5. The molecule has 7 nitrogen and oxygen atoms in total. The van der Waals surface area contributed by atoms with Gasteiger partial charge in [-0.3, -0.25) is 5.10 Å². The molecule has 0 bridgehead atoms. The monoisotopic (exact) mass is 225 g/mol. The van der Waals surface area contributed by atoms with Crippen LogP contribution in [0.2, 0.25) is 0 Å². The number of aromatic nitrogens is 2. The van der Waals surface area contributed by atoms with Crippen molar-refractivity contribution in [2.24, 2.45) is 5.73 Å². The second-order valence-electron chi connectivity index (χ2n) is 3.82. The maximum Gasteiger partial charge on any atom is 0.345 e. The third kappa shape index (κ3) is 1.69. The first kappa shape index (κ1) is 10.7. The Balaban J connectivity index is 2.31. The summed E-state index contributed by atoms with van der Waals surface area (Å²) in [6.07, 6.45) is 0.882. The molecule has 0 spiro atoms. The molecule has 1 atom stereocenters. The van der Waals surface area contributed by atoms with Gasteiger partial charge in [0.15, 0.2) is 5.82 Å². The average Bonchev–Trinajstić information content (AvgIpc) is 2.83. The Morgan fingerprint density at radius 1 is 1.69 bits per heavy atom.